The predicted octanol–water partition coefficient (Wildman–Crippen LogP) is 0.360. The first kappa shape index (κ1) is 15.4. The molecule has 0 spiro atoms. The maximum atomic E-state index is 10.9. The molecule has 1 rings (SSSR count). The lowest BCUT2D eigenvalue weighted by Gasteiger charge is -2.15. The lowest BCUT2D eigenvalue weighted by Crippen LogP contribution is -2.38. The quantitative estimate of drug-likeness (QED) is 0.561. The second kappa shape index (κ2) is 8.47. The highest BCUT2D eigenvalue weighted by atomic mass is 16.5. The standard InChI is InChI=1S/C13H19NO5/c1-18-9-10(8-15)14-6-7-19-12-5-3-2-4-11(12)13(16)17/h2-5,10,14-15H,6-9H2,1H3,(H,16,17). The maximum absolute atomic E-state index is 10.9. The van der Waals surface area contributed by atoms with Gasteiger partial charge in [-0.1, -0.05) is 12.1 Å². The SMILES string of the molecule is COCC(CO)NCCOc1ccccc1C(=O)O. The van der Waals surface area contributed by atoms with Crippen LogP contribution in [0.1, 0.15) is 10.4 Å². The van der Waals surface area contributed by atoms with E-state index in [0.29, 0.717) is 25.5 Å². The monoisotopic (exact) mass is 269 g/mol. The molecule has 0 aliphatic heterocycles. The Bertz CT molecular complexity index is 396. The highest BCUT2D eigenvalue weighted by Gasteiger charge is 2.10. The highest BCUT2D eigenvalue weighted by molar-refractivity contribution is 5.90. The molecule has 3 N–H and O–H groups in total. The number of rotatable bonds is 9. The number of carboxylic acid groups (broad SMARTS) is 1. The smallest absolute Gasteiger partial charge is 0.339 e. The second-order valence-electron chi connectivity index (χ2n) is 3.94. The van der Waals surface area contributed by atoms with Gasteiger partial charge in [0.2, 0.25) is 0 Å². The van der Waals surface area contributed by atoms with Gasteiger partial charge in [0.05, 0.1) is 19.3 Å². The molecule has 6 nitrogen and oxygen atoms in total. The molecule has 1 unspecified atom stereocenters. The van der Waals surface area contributed by atoms with Gasteiger partial charge in [0, 0.05) is 13.7 Å². The van der Waals surface area contributed by atoms with E-state index in [4.69, 9.17) is 19.7 Å². The molecule has 0 heterocycles. The van der Waals surface area contributed by atoms with E-state index in [-0.39, 0.29) is 18.2 Å². The van der Waals surface area contributed by atoms with Crippen molar-refractivity contribution in [1.82, 2.24) is 5.32 Å². The summed E-state index contributed by atoms with van der Waals surface area (Å²) in [6.45, 7) is 1.18. The third-order valence-corrected chi connectivity index (χ3v) is 2.50. The number of ether oxygens (including phenoxy) is 2. The Labute approximate surface area is 112 Å². The number of aliphatic hydroxyl groups excluding tert-OH is 1. The van der Waals surface area contributed by atoms with Gasteiger partial charge >= 0.3 is 5.97 Å². The van der Waals surface area contributed by atoms with Crippen molar-refractivity contribution in [3.05, 3.63) is 29.8 Å². The topological polar surface area (TPSA) is 88.0 Å². The number of aromatic carboxylic acids is 1. The number of benzene rings is 1. The number of aliphatic hydroxyl groups is 1. The Kier molecular flexibility index (Phi) is 6.88. The van der Waals surface area contributed by atoms with Crippen LogP contribution in [0.2, 0.25) is 0 Å². The van der Waals surface area contributed by atoms with Gasteiger partial charge in [-0.05, 0) is 12.1 Å². The summed E-state index contributed by atoms with van der Waals surface area (Å²) < 4.78 is 10.3. The van der Waals surface area contributed by atoms with Gasteiger partial charge < -0.3 is 25.0 Å². The van der Waals surface area contributed by atoms with E-state index < -0.39 is 5.97 Å². The average molecular weight is 269 g/mol. The summed E-state index contributed by atoms with van der Waals surface area (Å²) in [5.74, 6) is -0.680. The van der Waals surface area contributed by atoms with Gasteiger partial charge in [-0.3, -0.25) is 0 Å². The molecule has 0 aliphatic rings. The first-order chi connectivity index (χ1) is 9.19. The molecule has 0 bridgehead atoms. The number of carboxylic acids is 1. The van der Waals surface area contributed by atoms with E-state index in [1.54, 1.807) is 25.3 Å². The number of para-hydroxylation sites is 1. The van der Waals surface area contributed by atoms with Gasteiger partial charge in [-0.25, -0.2) is 4.79 Å². The molecular formula is C13H19NO5. The van der Waals surface area contributed by atoms with Gasteiger partial charge in [0.25, 0.3) is 0 Å². The Morgan fingerprint density at radius 1 is 1.42 bits per heavy atom. The summed E-state index contributed by atoms with van der Waals surface area (Å²) in [4.78, 5) is 10.9. The molecule has 19 heavy (non-hydrogen) atoms. The minimum atomic E-state index is -1.02. The molecule has 106 valence electrons. The average Bonchev–Trinajstić information content (AvgIpc) is 2.42. The van der Waals surface area contributed by atoms with Crippen LogP contribution in [-0.2, 0) is 4.74 Å². The summed E-state index contributed by atoms with van der Waals surface area (Å²) in [7, 11) is 1.56. The maximum Gasteiger partial charge on any atom is 0.339 e. The van der Waals surface area contributed by atoms with Crippen molar-refractivity contribution in [2.75, 3.05) is 33.5 Å². The summed E-state index contributed by atoms with van der Waals surface area (Å²) >= 11 is 0. The lowest BCUT2D eigenvalue weighted by molar-refractivity contribution is 0.0692. The Balaban J connectivity index is 2.39. The van der Waals surface area contributed by atoms with Crippen molar-refractivity contribution in [3.8, 4) is 5.75 Å². The number of hydrogen-bond donors (Lipinski definition) is 3. The zero-order valence-corrected chi connectivity index (χ0v) is 10.8. The zero-order valence-electron chi connectivity index (χ0n) is 10.8. The molecule has 0 amide bonds. The van der Waals surface area contributed by atoms with E-state index in [0.717, 1.165) is 0 Å². The predicted molar refractivity (Wildman–Crippen MR) is 69.6 cm³/mol. The fraction of sp³-hybridized carbons (Fsp3) is 0.462. The van der Waals surface area contributed by atoms with Gasteiger partial charge in [-0.15, -0.1) is 0 Å². The number of methoxy groups -OCH3 is 1. The van der Waals surface area contributed by atoms with Gasteiger partial charge in [0.15, 0.2) is 0 Å². The van der Waals surface area contributed by atoms with Crippen LogP contribution in [0.3, 0.4) is 0 Å². The van der Waals surface area contributed by atoms with Crippen molar-refractivity contribution in [3.63, 3.8) is 0 Å². The van der Waals surface area contributed by atoms with E-state index in [2.05, 4.69) is 5.32 Å². The molecule has 0 saturated heterocycles. The first-order valence-electron chi connectivity index (χ1n) is 5.97. The Hall–Kier alpha value is -1.63. The van der Waals surface area contributed by atoms with Crippen molar-refractivity contribution in [1.29, 1.82) is 0 Å². The third-order valence-electron chi connectivity index (χ3n) is 2.50. The third kappa shape index (κ3) is 5.25. The Morgan fingerprint density at radius 3 is 2.79 bits per heavy atom. The van der Waals surface area contributed by atoms with Crippen LogP contribution < -0.4 is 10.1 Å². The summed E-state index contributed by atoms with van der Waals surface area (Å²) in [5.41, 5.74) is 0.137. The molecular weight excluding hydrogens is 250 g/mol. The Morgan fingerprint density at radius 2 is 2.16 bits per heavy atom. The molecule has 0 saturated carbocycles. The molecule has 0 fully saturated rings. The summed E-state index contributed by atoms with van der Waals surface area (Å²) in [6.07, 6.45) is 0. The lowest BCUT2D eigenvalue weighted by atomic mass is 10.2. The van der Waals surface area contributed by atoms with Crippen molar-refractivity contribution >= 4 is 5.97 Å². The van der Waals surface area contributed by atoms with Crippen molar-refractivity contribution in [2.45, 2.75) is 6.04 Å². The fourth-order valence-electron chi connectivity index (χ4n) is 1.57. The molecule has 0 aromatic heterocycles. The molecule has 0 aliphatic carbocycles. The zero-order chi connectivity index (χ0) is 14.1. The largest absolute Gasteiger partial charge is 0.491 e. The van der Waals surface area contributed by atoms with Crippen molar-refractivity contribution < 1.29 is 24.5 Å². The minimum Gasteiger partial charge on any atom is -0.491 e. The molecule has 1 aromatic carbocycles. The van der Waals surface area contributed by atoms with Crippen LogP contribution in [0.15, 0.2) is 24.3 Å². The number of carbonyl (C=O) groups is 1. The molecule has 6 heteroatoms. The van der Waals surface area contributed by atoms with Crippen LogP contribution >= 0.6 is 0 Å². The van der Waals surface area contributed by atoms with Gasteiger partial charge in [-0.2, -0.15) is 0 Å². The van der Waals surface area contributed by atoms with Crippen LogP contribution in [-0.4, -0.2) is 55.7 Å². The molecule has 0 radical (unpaired) electrons. The van der Waals surface area contributed by atoms with E-state index in [1.165, 1.54) is 6.07 Å². The van der Waals surface area contributed by atoms with Crippen LogP contribution in [0.4, 0.5) is 0 Å². The van der Waals surface area contributed by atoms with E-state index >= 15 is 0 Å². The highest BCUT2D eigenvalue weighted by Crippen LogP contribution is 2.17. The van der Waals surface area contributed by atoms with E-state index in [1.807, 2.05) is 0 Å². The molecule has 1 aromatic rings. The normalized spacial score (nSPS) is 12.1. The van der Waals surface area contributed by atoms with Gasteiger partial charge in [0.1, 0.15) is 17.9 Å². The minimum absolute atomic E-state index is 0.0282. The second-order valence-corrected chi connectivity index (χ2v) is 3.94. The van der Waals surface area contributed by atoms with Crippen LogP contribution in [0, 0.1) is 0 Å². The number of hydrogen-bond acceptors (Lipinski definition) is 5. The molecule has 1 atom stereocenters. The fourth-order valence-corrected chi connectivity index (χ4v) is 1.57. The van der Waals surface area contributed by atoms with Crippen molar-refractivity contribution in [2.24, 2.45) is 0 Å². The first-order valence-corrected chi connectivity index (χ1v) is 5.97. The number of nitrogens with one attached hydrogen (secondary N) is 1. The summed E-state index contributed by atoms with van der Waals surface area (Å²) in [5, 5.41) is 21.0. The van der Waals surface area contributed by atoms with E-state index in [9.17, 15) is 4.79 Å². The summed E-state index contributed by atoms with van der Waals surface area (Å²) in [6, 6.07) is 6.32. The van der Waals surface area contributed by atoms with Crippen LogP contribution in [0.5, 0.6) is 5.75 Å². The van der Waals surface area contributed by atoms with Crippen LogP contribution in [0.25, 0.3) is 0 Å².